The number of hydrogen-bond acceptors (Lipinski definition) is 4. The minimum Gasteiger partial charge on any atom is -0.465 e. The molecule has 1 aromatic heterocycles. The first-order valence-corrected chi connectivity index (χ1v) is 6.27. The summed E-state index contributed by atoms with van der Waals surface area (Å²) in [6, 6.07) is 3.65. The van der Waals surface area contributed by atoms with Crippen molar-refractivity contribution >= 4 is 11.9 Å². The number of esters is 1. The number of rotatable bonds is 6. The second-order valence-corrected chi connectivity index (χ2v) is 4.84. The lowest BCUT2D eigenvalue weighted by molar-refractivity contribution is -0.149. The molecule has 1 N–H and O–H groups in total. The fourth-order valence-corrected chi connectivity index (χ4v) is 1.53. The van der Waals surface area contributed by atoms with Crippen molar-refractivity contribution in [1.82, 2.24) is 10.3 Å². The van der Waals surface area contributed by atoms with Gasteiger partial charge in [0.1, 0.15) is 0 Å². The van der Waals surface area contributed by atoms with Crippen molar-refractivity contribution in [2.24, 2.45) is 0 Å². The SMILES string of the molecule is CC(=O)NCCCOC(=O)C(C)(C)c1cccnc1. The Morgan fingerprint density at radius 1 is 1.42 bits per heavy atom. The van der Waals surface area contributed by atoms with Crippen LogP contribution in [0.3, 0.4) is 0 Å². The van der Waals surface area contributed by atoms with Gasteiger partial charge in [-0.05, 0) is 31.9 Å². The summed E-state index contributed by atoms with van der Waals surface area (Å²) in [5.41, 5.74) is 0.101. The maximum atomic E-state index is 12.0. The third-order valence-electron chi connectivity index (χ3n) is 2.82. The fraction of sp³-hybridized carbons (Fsp3) is 0.500. The van der Waals surface area contributed by atoms with Crippen LogP contribution in [0.2, 0.25) is 0 Å². The predicted octanol–water partition coefficient (Wildman–Crippen LogP) is 1.43. The molecular formula is C14H20N2O3. The van der Waals surface area contributed by atoms with E-state index >= 15 is 0 Å². The van der Waals surface area contributed by atoms with Crippen molar-refractivity contribution in [1.29, 1.82) is 0 Å². The molecule has 1 aromatic rings. The molecule has 0 saturated carbocycles. The Morgan fingerprint density at radius 2 is 2.16 bits per heavy atom. The maximum absolute atomic E-state index is 12.0. The van der Waals surface area contributed by atoms with Crippen molar-refractivity contribution < 1.29 is 14.3 Å². The lowest BCUT2D eigenvalue weighted by Gasteiger charge is -2.22. The first-order valence-electron chi connectivity index (χ1n) is 6.27. The Bertz CT molecular complexity index is 430. The van der Waals surface area contributed by atoms with E-state index in [4.69, 9.17) is 4.74 Å². The van der Waals surface area contributed by atoms with Gasteiger partial charge >= 0.3 is 5.97 Å². The van der Waals surface area contributed by atoms with Gasteiger partial charge in [-0.15, -0.1) is 0 Å². The molecule has 0 aliphatic rings. The van der Waals surface area contributed by atoms with Crippen molar-refractivity contribution in [3.63, 3.8) is 0 Å². The van der Waals surface area contributed by atoms with E-state index in [1.807, 2.05) is 6.07 Å². The number of nitrogens with zero attached hydrogens (tertiary/aromatic N) is 1. The van der Waals surface area contributed by atoms with Gasteiger partial charge in [-0.1, -0.05) is 6.07 Å². The molecule has 0 bridgehead atoms. The molecule has 1 rings (SSSR count). The highest BCUT2D eigenvalue weighted by Crippen LogP contribution is 2.23. The van der Waals surface area contributed by atoms with Crippen LogP contribution in [0.4, 0.5) is 0 Å². The summed E-state index contributed by atoms with van der Waals surface area (Å²) in [5, 5.41) is 2.65. The third kappa shape index (κ3) is 4.69. The number of amides is 1. The minimum atomic E-state index is -0.720. The monoisotopic (exact) mass is 264 g/mol. The van der Waals surface area contributed by atoms with Gasteiger partial charge in [-0.3, -0.25) is 14.6 Å². The Kier molecular flexibility index (Phi) is 5.48. The molecular weight excluding hydrogens is 244 g/mol. The van der Waals surface area contributed by atoms with E-state index in [1.54, 1.807) is 32.3 Å². The molecule has 104 valence electrons. The van der Waals surface area contributed by atoms with E-state index in [0.717, 1.165) is 5.56 Å². The zero-order valence-electron chi connectivity index (χ0n) is 11.6. The summed E-state index contributed by atoms with van der Waals surface area (Å²) in [6.07, 6.45) is 3.94. The normalized spacial score (nSPS) is 10.9. The molecule has 0 radical (unpaired) electrons. The van der Waals surface area contributed by atoms with Gasteiger partial charge in [0.05, 0.1) is 12.0 Å². The van der Waals surface area contributed by atoms with Crippen LogP contribution >= 0.6 is 0 Å². The first kappa shape index (κ1) is 15.1. The lowest BCUT2D eigenvalue weighted by Crippen LogP contribution is -2.32. The number of nitrogens with one attached hydrogen (secondary N) is 1. The summed E-state index contributed by atoms with van der Waals surface area (Å²) >= 11 is 0. The smallest absolute Gasteiger partial charge is 0.316 e. The average molecular weight is 264 g/mol. The maximum Gasteiger partial charge on any atom is 0.316 e. The largest absolute Gasteiger partial charge is 0.465 e. The Labute approximate surface area is 113 Å². The van der Waals surface area contributed by atoms with Gasteiger partial charge < -0.3 is 10.1 Å². The molecule has 0 spiro atoms. The summed E-state index contributed by atoms with van der Waals surface area (Å²) in [4.78, 5) is 26.7. The van der Waals surface area contributed by atoms with Crippen LogP contribution in [-0.2, 0) is 19.7 Å². The van der Waals surface area contributed by atoms with Crippen molar-refractivity contribution in [3.05, 3.63) is 30.1 Å². The van der Waals surface area contributed by atoms with E-state index in [9.17, 15) is 9.59 Å². The number of pyridine rings is 1. The molecule has 0 aromatic carbocycles. The standard InChI is InChI=1S/C14H20N2O3/c1-11(17)16-8-5-9-19-13(18)14(2,3)12-6-4-7-15-10-12/h4,6-7,10H,5,8-9H2,1-3H3,(H,16,17). The molecule has 0 saturated heterocycles. The second-order valence-electron chi connectivity index (χ2n) is 4.84. The van der Waals surface area contributed by atoms with Crippen LogP contribution in [-0.4, -0.2) is 30.0 Å². The first-order chi connectivity index (χ1) is 8.94. The Balaban J connectivity index is 2.42. The van der Waals surface area contributed by atoms with Crippen LogP contribution in [0.5, 0.6) is 0 Å². The summed E-state index contributed by atoms with van der Waals surface area (Å²) < 4.78 is 5.23. The number of ether oxygens (including phenoxy) is 1. The second kappa shape index (κ2) is 6.87. The molecule has 5 heteroatoms. The van der Waals surface area contributed by atoms with Gasteiger partial charge in [0.2, 0.25) is 5.91 Å². The highest BCUT2D eigenvalue weighted by Gasteiger charge is 2.31. The highest BCUT2D eigenvalue weighted by atomic mass is 16.5. The zero-order chi connectivity index (χ0) is 14.3. The van der Waals surface area contributed by atoms with E-state index in [-0.39, 0.29) is 11.9 Å². The number of carbonyl (C=O) groups is 2. The molecule has 0 aliphatic heterocycles. The number of aromatic nitrogens is 1. The molecule has 1 amide bonds. The molecule has 0 unspecified atom stereocenters. The number of hydrogen-bond donors (Lipinski definition) is 1. The van der Waals surface area contributed by atoms with Crippen LogP contribution in [0.15, 0.2) is 24.5 Å². The molecule has 1 heterocycles. The van der Waals surface area contributed by atoms with Crippen LogP contribution < -0.4 is 5.32 Å². The molecule has 0 aliphatic carbocycles. The van der Waals surface area contributed by atoms with E-state index in [0.29, 0.717) is 19.6 Å². The van der Waals surface area contributed by atoms with Crippen molar-refractivity contribution in [2.75, 3.05) is 13.2 Å². The average Bonchev–Trinajstić information content (AvgIpc) is 2.38. The van der Waals surface area contributed by atoms with Gasteiger partial charge in [0.15, 0.2) is 0 Å². The summed E-state index contributed by atoms with van der Waals surface area (Å²) in [6.45, 7) is 5.87. The fourth-order valence-electron chi connectivity index (χ4n) is 1.53. The van der Waals surface area contributed by atoms with Gasteiger partial charge in [-0.2, -0.15) is 0 Å². The Morgan fingerprint density at radius 3 is 2.74 bits per heavy atom. The van der Waals surface area contributed by atoms with Gasteiger partial charge in [0.25, 0.3) is 0 Å². The summed E-state index contributed by atoms with van der Waals surface area (Å²) in [5.74, 6) is -0.370. The third-order valence-corrected chi connectivity index (χ3v) is 2.82. The molecule has 0 atom stereocenters. The highest BCUT2D eigenvalue weighted by molar-refractivity contribution is 5.82. The zero-order valence-corrected chi connectivity index (χ0v) is 11.6. The molecule has 19 heavy (non-hydrogen) atoms. The molecule has 5 nitrogen and oxygen atoms in total. The van der Waals surface area contributed by atoms with Crippen molar-refractivity contribution in [2.45, 2.75) is 32.6 Å². The number of carbonyl (C=O) groups excluding carboxylic acids is 2. The lowest BCUT2D eigenvalue weighted by atomic mass is 9.86. The van der Waals surface area contributed by atoms with E-state index in [2.05, 4.69) is 10.3 Å². The van der Waals surface area contributed by atoms with Gasteiger partial charge in [-0.25, -0.2) is 0 Å². The summed E-state index contributed by atoms with van der Waals surface area (Å²) in [7, 11) is 0. The van der Waals surface area contributed by atoms with Crippen LogP contribution in [0.1, 0.15) is 32.8 Å². The van der Waals surface area contributed by atoms with E-state index < -0.39 is 5.41 Å². The molecule has 0 fully saturated rings. The Hall–Kier alpha value is -1.91. The topological polar surface area (TPSA) is 68.3 Å². The quantitative estimate of drug-likeness (QED) is 0.623. The van der Waals surface area contributed by atoms with Crippen molar-refractivity contribution in [3.8, 4) is 0 Å². The minimum absolute atomic E-state index is 0.0815. The predicted molar refractivity (Wildman–Crippen MR) is 71.5 cm³/mol. The van der Waals surface area contributed by atoms with Crippen LogP contribution in [0, 0.1) is 0 Å². The van der Waals surface area contributed by atoms with E-state index in [1.165, 1.54) is 6.92 Å². The van der Waals surface area contributed by atoms with Crippen LogP contribution in [0.25, 0.3) is 0 Å². The van der Waals surface area contributed by atoms with Gasteiger partial charge in [0, 0.05) is 25.9 Å².